The normalized spacial score (nSPS) is 17.9. The lowest BCUT2D eigenvalue weighted by Gasteiger charge is -2.30. The number of amides is 2. The van der Waals surface area contributed by atoms with Crippen molar-refractivity contribution in [2.24, 2.45) is 10.9 Å². The lowest BCUT2D eigenvalue weighted by atomic mass is 10.1. The molecule has 0 spiro atoms. The predicted molar refractivity (Wildman–Crippen MR) is 99.4 cm³/mol. The standard InChI is InChI=1S/C17H12ClN3O3S/c18-13-7-6-10(8-14(13)22)19-9-12-15(23)20-17(25)21(16(12)24)11-4-2-1-3-5-11/h1-9,12,22H,(H,20,23,25)/t12-/m1/s1. The number of thiocarbonyl (C=S) groups is 1. The Kier molecular flexibility index (Phi) is 4.78. The third-order valence-electron chi connectivity index (χ3n) is 3.52. The second-order valence-electron chi connectivity index (χ2n) is 5.20. The minimum Gasteiger partial charge on any atom is -0.506 e. The summed E-state index contributed by atoms with van der Waals surface area (Å²) in [7, 11) is 0. The molecule has 1 saturated heterocycles. The summed E-state index contributed by atoms with van der Waals surface area (Å²) in [5, 5.41) is 12.3. The average Bonchev–Trinajstić information content (AvgIpc) is 2.58. The quantitative estimate of drug-likeness (QED) is 0.492. The van der Waals surface area contributed by atoms with Gasteiger partial charge < -0.3 is 10.4 Å². The Labute approximate surface area is 153 Å². The fourth-order valence-electron chi connectivity index (χ4n) is 2.29. The molecule has 1 atom stereocenters. The van der Waals surface area contributed by atoms with Gasteiger partial charge in [-0.1, -0.05) is 29.8 Å². The van der Waals surface area contributed by atoms with Crippen molar-refractivity contribution in [3.63, 3.8) is 0 Å². The van der Waals surface area contributed by atoms with Crippen molar-refractivity contribution in [3.05, 3.63) is 53.6 Å². The van der Waals surface area contributed by atoms with E-state index in [0.717, 1.165) is 0 Å². The van der Waals surface area contributed by atoms with Crippen LogP contribution in [0.25, 0.3) is 0 Å². The maximum absolute atomic E-state index is 12.7. The van der Waals surface area contributed by atoms with Crippen LogP contribution >= 0.6 is 23.8 Å². The van der Waals surface area contributed by atoms with E-state index in [-0.39, 0.29) is 15.9 Å². The summed E-state index contributed by atoms with van der Waals surface area (Å²) in [4.78, 5) is 30.2. The summed E-state index contributed by atoms with van der Waals surface area (Å²) in [5.41, 5.74) is 0.918. The maximum atomic E-state index is 12.7. The summed E-state index contributed by atoms with van der Waals surface area (Å²) in [5.74, 6) is -2.32. The van der Waals surface area contributed by atoms with Gasteiger partial charge >= 0.3 is 0 Å². The van der Waals surface area contributed by atoms with E-state index < -0.39 is 17.7 Å². The molecule has 1 aliphatic heterocycles. The van der Waals surface area contributed by atoms with Crippen LogP contribution in [-0.2, 0) is 9.59 Å². The van der Waals surface area contributed by atoms with Gasteiger partial charge in [0.1, 0.15) is 5.75 Å². The number of aliphatic imine (C=N–C) groups is 1. The maximum Gasteiger partial charge on any atom is 0.251 e. The molecule has 0 aromatic heterocycles. The van der Waals surface area contributed by atoms with Gasteiger partial charge in [-0.3, -0.25) is 19.5 Å². The molecule has 1 aliphatic rings. The first-order valence-electron chi connectivity index (χ1n) is 7.24. The second-order valence-corrected chi connectivity index (χ2v) is 5.99. The van der Waals surface area contributed by atoms with Crippen LogP contribution in [0.3, 0.4) is 0 Å². The largest absolute Gasteiger partial charge is 0.506 e. The van der Waals surface area contributed by atoms with Crippen LogP contribution in [0.5, 0.6) is 5.75 Å². The number of phenols is 1. The first-order valence-corrected chi connectivity index (χ1v) is 8.02. The van der Waals surface area contributed by atoms with Gasteiger partial charge in [0, 0.05) is 12.3 Å². The van der Waals surface area contributed by atoms with Gasteiger partial charge in [-0.05, 0) is 36.5 Å². The molecule has 1 heterocycles. The number of carbonyl (C=O) groups excluding carboxylic acids is 2. The number of benzene rings is 2. The van der Waals surface area contributed by atoms with Crippen molar-refractivity contribution in [1.29, 1.82) is 0 Å². The molecular formula is C17H12ClN3O3S. The number of nitrogens with zero attached hydrogens (tertiary/aromatic N) is 2. The number of nitrogens with one attached hydrogen (secondary N) is 1. The lowest BCUT2D eigenvalue weighted by molar-refractivity contribution is -0.130. The smallest absolute Gasteiger partial charge is 0.251 e. The first kappa shape index (κ1) is 17.1. The summed E-state index contributed by atoms with van der Waals surface area (Å²) in [6.07, 6.45) is 1.22. The highest BCUT2D eigenvalue weighted by molar-refractivity contribution is 7.80. The zero-order chi connectivity index (χ0) is 18.0. The molecule has 25 heavy (non-hydrogen) atoms. The highest BCUT2D eigenvalue weighted by atomic mass is 35.5. The van der Waals surface area contributed by atoms with Crippen LogP contribution in [0.2, 0.25) is 5.02 Å². The third kappa shape index (κ3) is 3.52. The van der Waals surface area contributed by atoms with Crippen LogP contribution in [0.15, 0.2) is 53.5 Å². The number of anilines is 1. The number of hydrogen-bond donors (Lipinski definition) is 2. The number of rotatable bonds is 3. The Morgan fingerprint density at radius 3 is 2.60 bits per heavy atom. The van der Waals surface area contributed by atoms with E-state index in [1.165, 1.54) is 23.2 Å². The summed E-state index contributed by atoms with van der Waals surface area (Å²) in [6, 6.07) is 13.1. The molecule has 0 radical (unpaired) electrons. The van der Waals surface area contributed by atoms with Gasteiger partial charge in [0.15, 0.2) is 11.0 Å². The number of aromatic hydroxyl groups is 1. The Hall–Kier alpha value is -2.77. The third-order valence-corrected chi connectivity index (χ3v) is 4.12. The van der Waals surface area contributed by atoms with Crippen LogP contribution in [0.1, 0.15) is 0 Å². The number of carbonyl (C=O) groups is 2. The molecule has 8 heteroatoms. The van der Waals surface area contributed by atoms with Gasteiger partial charge in [-0.15, -0.1) is 0 Å². The molecule has 126 valence electrons. The number of hydrogen-bond acceptors (Lipinski definition) is 5. The minimum absolute atomic E-state index is 0.0231. The van der Waals surface area contributed by atoms with Crippen molar-refractivity contribution in [2.45, 2.75) is 0 Å². The van der Waals surface area contributed by atoms with Gasteiger partial charge in [0.2, 0.25) is 5.91 Å². The number of para-hydroxylation sites is 1. The van der Waals surface area contributed by atoms with Crippen molar-refractivity contribution >= 4 is 58.3 Å². The number of halogens is 1. The zero-order valence-corrected chi connectivity index (χ0v) is 14.3. The molecule has 2 N–H and O–H groups in total. The van der Waals surface area contributed by atoms with E-state index in [0.29, 0.717) is 11.4 Å². The molecule has 0 aliphatic carbocycles. The molecule has 0 bridgehead atoms. The topological polar surface area (TPSA) is 82.0 Å². The van der Waals surface area contributed by atoms with Gasteiger partial charge in [-0.25, -0.2) is 0 Å². The minimum atomic E-state index is -1.13. The van der Waals surface area contributed by atoms with Crippen molar-refractivity contribution in [2.75, 3.05) is 4.90 Å². The van der Waals surface area contributed by atoms with Crippen LogP contribution in [-0.4, -0.2) is 28.2 Å². The molecule has 1 fully saturated rings. The Balaban J connectivity index is 1.88. The second kappa shape index (κ2) is 7.00. The van der Waals surface area contributed by atoms with Gasteiger partial charge in [0.05, 0.1) is 16.4 Å². The fraction of sp³-hybridized carbons (Fsp3) is 0.0588. The summed E-state index contributed by atoms with van der Waals surface area (Å²) < 4.78 is 0. The summed E-state index contributed by atoms with van der Waals surface area (Å²) in [6.45, 7) is 0. The predicted octanol–water partition coefficient (Wildman–Crippen LogP) is 2.81. The first-order chi connectivity index (χ1) is 12.0. The van der Waals surface area contributed by atoms with Crippen molar-refractivity contribution in [3.8, 4) is 5.75 Å². The van der Waals surface area contributed by atoms with E-state index >= 15 is 0 Å². The highest BCUT2D eigenvalue weighted by Gasteiger charge is 2.38. The zero-order valence-electron chi connectivity index (χ0n) is 12.7. The van der Waals surface area contributed by atoms with E-state index in [9.17, 15) is 14.7 Å². The Morgan fingerprint density at radius 1 is 1.20 bits per heavy atom. The monoisotopic (exact) mass is 373 g/mol. The van der Waals surface area contributed by atoms with E-state index in [1.54, 1.807) is 30.3 Å². The van der Waals surface area contributed by atoms with Gasteiger partial charge in [0.25, 0.3) is 5.91 Å². The summed E-state index contributed by atoms with van der Waals surface area (Å²) >= 11 is 10.8. The van der Waals surface area contributed by atoms with E-state index in [2.05, 4.69) is 10.3 Å². The van der Waals surface area contributed by atoms with Crippen molar-refractivity contribution in [1.82, 2.24) is 5.32 Å². The molecule has 0 unspecified atom stereocenters. The number of phenolic OH excluding ortho intramolecular Hbond substituents is 1. The lowest BCUT2D eigenvalue weighted by Crippen LogP contribution is -2.58. The van der Waals surface area contributed by atoms with Crippen molar-refractivity contribution < 1.29 is 14.7 Å². The van der Waals surface area contributed by atoms with Crippen LogP contribution < -0.4 is 10.2 Å². The SMILES string of the molecule is O=C1NC(=S)N(c2ccccc2)C(=O)[C@@H]1C=Nc1ccc(Cl)c(O)c1. The average molecular weight is 374 g/mol. The highest BCUT2D eigenvalue weighted by Crippen LogP contribution is 2.28. The van der Waals surface area contributed by atoms with E-state index in [1.807, 2.05) is 6.07 Å². The fourth-order valence-corrected chi connectivity index (χ4v) is 2.70. The molecular weight excluding hydrogens is 362 g/mol. The van der Waals surface area contributed by atoms with Gasteiger partial charge in [-0.2, -0.15) is 0 Å². The Morgan fingerprint density at radius 2 is 1.92 bits per heavy atom. The van der Waals surface area contributed by atoms with Crippen LogP contribution in [0, 0.1) is 5.92 Å². The van der Waals surface area contributed by atoms with E-state index in [4.69, 9.17) is 23.8 Å². The molecule has 2 amide bonds. The molecule has 2 aromatic rings. The Bertz CT molecular complexity index is 886. The van der Waals surface area contributed by atoms with Crippen LogP contribution in [0.4, 0.5) is 11.4 Å². The molecule has 2 aromatic carbocycles. The molecule has 3 rings (SSSR count). The molecule has 0 saturated carbocycles. The molecule has 6 nitrogen and oxygen atoms in total.